The van der Waals surface area contributed by atoms with Crippen LogP contribution in [0.1, 0.15) is 56.3 Å². The molecule has 3 heterocycles. The summed E-state index contributed by atoms with van der Waals surface area (Å²) in [4.78, 5) is 10.2. The van der Waals surface area contributed by atoms with Gasteiger partial charge in [-0.25, -0.2) is 8.78 Å². The van der Waals surface area contributed by atoms with Crippen LogP contribution in [0.25, 0.3) is 10.9 Å². The van der Waals surface area contributed by atoms with E-state index in [2.05, 4.69) is 34.8 Å². The highest BCUT2D eigenvalue weighted by Gasteiger charge is 2.38. The molecule has 3 nitrogen and oxygen atoms in total. The van der Waals surface area contributed by atoms with Crippen LogP contribution in [0.3, 0.4) is 0 Å². The highest BCUT2D eigenvalue weighted by molar-refractivity contribution is 5.85. The maximum Gasteiger partial charge on any atom is 0.125 e. The van der Waals surface area contributed by atoms with Crippen LogP contribution in [0.15, 0.2) is 36.5 Å². The molecule has 1 aromatic carbocycles. The number of hydrogen-bond acceptors (Lipinski definition) is 2. The topological polar surface area (TPSA) is 31.9 Å². The third-order valence-corrected chi connectivity index (χ3v) is 5.66. The van der Waals surface area contributed by atoms with Crippen molar-refractivity contribution in [3.8, 4) is 0 Å². The summed E-state index contributed by atoms with van der Waals surface area (Å²) in [7, 11) is 0. The number of halogens is 2. The SMILES string of the molecule is CCc1ccc(C2c3[nH]c4cc(F)ccc4c3CC(C)N2CC(C)(C)F)cn1. The lowest BCUT2D eigenvalue weighted by molar-refractivity contribution is 0.0666. The highest BCUT2D eigenvalue weighted by Crippen LogP contribution is 2.41. The molecular weight excluding hydrogens is 356 g/mol. The molecular formula is C23H27F2N3. The van der Waals surface area contributed by atoms with Gasteiger partial charge in [-0.15, -0.1) is 0 Å². The molecule has 148 valence electrons. The Bertz CT molecular complexity index is 985. The second-order valence-electron chi connectivity index (χ2n) is 8.49. The summed E-state index contributed by atoms with van der Waals surface area (Å²) in [5.74, 6) is -0.258. The van der Waals surface area contributed by atoms with Crippen LogP contribution in [-0.2, 0) is 12.8 Å². The fourth-order valence-electron chi connectivity index (χ4n) is 4.38. The van der Waals surface area contributed by atoms with Crippen molar-refractivity contribution in [2.24, 2.45) is 0 Å². The quantitative estimate of drug-likeness (QED) is 0.659. The van der Waals surface area contributed by atoms with Gasteiger partial charge in [-0.2, -0.15) is 0 Å². The number of aryl methyl sites for hydroxylation is 1. The van der Waals surface area contributed by atoms with E-state index in [1.54, 1.807) is 13.8 Å². The van der Waals surface area contributed by atoms with Crippen LogP contribution in [-0.4, -0.2) is 33.1 Å². The Morgan fingerprint density at radius 2 is 2.04 bits per heavy atom. The Hall–Kier alpha value is -2.27. The van der Waals surface area contributed by atoms with Gasteiger partial charge >= 0.3 is 0 Å². The zero-order valence-electron chi connectivity index (χ0n) is 16.9. The first kappa shape index (κ1) is 19.1. The van der Waals surface area contributed by atoms with Gasteiger partial charge in [-0.1, -0.05) is 13.0 Å². The molecule has 0 amide bonds. The first-order chi connectivity index (χ1) is 13.3. The maximum atomic E-state index is 14.7. The minimum absolute atomic E-state index is 0.136. The fourth-order valence-corrected chi connectivity index (χ4v) is 4.38. The number of fused-ring (bicyclic) bond motifs is 3. The van der Waals surface area contributed by atoms with Crippen molar-refractivity contribution in [1.29, 1.82) is 0 Å². The van der Waals surface area contributed by atoms with E-state index in [0.29, 0.717) is 6.54 Å². The molecule has 0 fully saturated rings. The molecule has 0 spiro atoms. The van der Waals surface area contributed by atoms with Crippen molar-refractivity contribution in [2.45, 2.75) is 58.3 Å². The smallest absolute Gasteiger partial charge is 0.125 e. The Balaban J connectivity index is 1.89. The number of hydrogen-bond donors (Lipinski definition) is 1. The molecule has 2 unspecified atom stereocenters. The molecule has 0 bridgehead atoms. The number of H-pyrrole nitrogens is 1. The molecule has 0 aliphatic carbocycles. The highest BCUT2D eigenvalue weighted by atomic mass is 19.1. The molecule has 2 aromatic heterocycles. The van der Waals surface area contributed by atoms with E-state index in [1.807, 2.05) is 18.3 Å². The second kappa shape index (κ2) is 6.96. The van der Waals surface area contributed by atoms with E-state index >= 15 is 0 Å². The van der Waals surface area contributed by atoms with Gasteiger partial charge < -0.3 is 4.98 Å². The molecule has 0 saturated heterocycles. The second-order valence-corrected chi connectivity index (χ2v) is 8.49. The van der Waals surface area contributed by atoms with Gasteiger partial charge in [0.15, 0.2) is 0 Å². The Morgan fingerprint density at radius 1 is 1.25 bits per heavy atom. The van der Waals surface area contributed by atoms with Crippen LogP contribution in [0.4, 0.5) is 8.78 Å². The third kappa shape index (κ3) is 3.44. The van der Waals surface area contributed by atoms with Crippen molar-refractivity contribution < 1.29 is 8.78 Å². The minimum Gasteiger partial charge on any atom is -0.356 e. The lowest BCUT2D eigenvalue weighted by atomic mass is 9.88. The van der Waals surface area contributed by atoms with Crippen LogP contribution < -0.4 is 0 Å². The molecule has 0 radical (unpaired) electrons. The molecule has 0 saturated carbocycles. The van der Waals surface area contributed by atoms with Crippen LogP contribution >= 0.6 is 0 Å². The first-order valence-corrected chi connectivity index (χ1v) is 9.96. The zero-order chi connectivity index (χ0) is 20.1. The monoisotopic (exact) mass is 383 g/mol. The number of alkyl halides is 1. The summed E-state index contributed by atoms with van der Waals surface area (Å²) >= 11 is 0. The summed E-state index contributed by atoms with van der Waals surface area (Å²) in [6.07, 6.45) is 3.57. The zero-order valence-corrected chi connectivity index (χ0v) is 16.9. The summed E-state index contributed by atoms with van der Waals surface area (Å²) in [5.41, 5.74) is 3.75. The van der Waals surface area contributed by atoms with Crippen molar-refractivity contribution in [2.75, 3.05) is 6.54 Å². The minimum atomic E-state index is -1.32. The number of pyridine rings is 1. The van der Waals surface area contributed by atoms with E-state index in [0.717, 1.165) is 40.7 Å². The Labute approximate surface area is 164 Å². The molecule has 2 atom stereocenters. The van der Waals surface area contributed by atoms with Gasteiger partial charge in [-0.3, -0.25) is 9.88 Å². The summed E-state index contributed by atoms with van der Waals surface area (Å²) < 4.78 is 28.5. The number of aromatic nitrogens is 2. The maximum absolute atomic E-state index is 14.7. The van der Waals surface area contributed by atoms with Crippen molar-refractivity contribution in [3.05, 3.63) is 64.9 Å². The molecule has 1 aliphatic rings. The van der Waals surface area contributed by atoms with Crippen molar-refractivity contribution in [3.63, 3.8) is 0 Å². The van der Waals surface area contributed by atoms with Crippen LogP contribution in [0, 0.1) is 5.82 Å². The van der Waals surface area contributed by atoms with E-state index < -0.39 is 5.67 Å². The standard InChI is InChI=1S/C23H27F2N3/c1-5-17-8-6-15(12-26-17)22-21-19(10-14(2)28(22)13-23(3,4)25)18-9-7-16(24)11-20(18)27-21/h6-9,11-12,14,22,27H,5,10,13H2,1-4H3. The predicted octanol–water partition coefficient (Wildman–Crippen LogP) is 5.35. The van der Waals surface area contributed by atoms with Gasteiger partial charge in [0.2, 0.25) is 0 Å². The summed E-state index contributed by atoms with van der Waals surface area (Å²) in [6.45, 7) is 7.76. The van der Waals surface area contributed by atoms with E-state index in [1.165, 1.54) is 17.7 Å². The van der Waals surface area contributed by atoms with Gasteiger partial charge in [0.1, 0.15) is 11.5 Å². The number of aromatic amines is 1. The van der Waals surface area contributed by atoms with Gasteiger partial charge in [-0.05, 0) is 69.0 Å². The number of rotatable bonds is 4. The van der Waals surface area contributed by atoms with Crippen molar-refractivity contribution in [1.82, 2.24) is 14.9 Å². The molecule has 5 heteroatoms. The van der Waals surface area contributed by atoms with E-state index in [4.69, 9.17) is 0 Å². The molecule has 1 N–H and O–H groups in total. The van der Waals surface area contributed by atoms with Gasteiger partial charge in [0.05, 0.1) is 6.04 Å². The molecule has 28 heavy (non-hydrogen) atoms. The average molecular weight is 383 g/mol. The number of nitrogens with zero attached hydrogens (tertiary/aromatic N) is 2. The predicted molar refractivity (Wildman–Crippen MR) is 109 cm³/mol. The van der Waals surface area contributed by atoms with Crippen molar-refractivity contribution >= 4 is 10.9 Å². The molecule has 4 rings (SSSR count). The fraction of sp³-hybridized carbons (Fsp3) is 0.435. The summed E-state index contributed by atoms with van der Waals surface area (Å²) in [5, 5.41) is 1.05. The molecule has 1 aliphatic heterocycles. The Kier molecular flexibility index (Phi) is 4.74. The van der Waals surface area contributed by atoms with E-state index in [-0.39, 0.29) is 17.9 Å². The number of nitrogens with one attached hydrogen (secondary N) is 1. The molecule has 3 aromatic rings. The van der Waals surface area contributed by atoms with E-state index in [9.17, 15) is 8.78 Å². The number of benzene rings is 1. The lowest BCUT2D eigenvalue weighted by Crippen LogP contribution is -2.47. The van der Waals surface area contributed by atoms with Gasteiger partial charge in [0.25, 0.3) is 0 Å². The van der Waals surface area contributed by atoms with Crippen LogP contribution in [0.5, 0.6) is 0 Å². The third-order valence-electron chi connectivity index (χ3n) is 5.66. The average Bonchev–Trinajstić information content (AvgIpc) is 2.98. The van der Waals surface area contributed by atoms with Crippen LogP contribution in [0.2, 0.25) is 0 Å². The largest absolute Gasteiger partial charge is 0.356 e. The normalized spacial score (nSPS) is 20.5. The Morgan fingerprint density at radius 3 is 2.68 bits per heavy atom. The summed E-state index contributed by atoms with van der Waals surface area (Å²) in [6, 6.07) is 9.03. The lowest BCUT2D eigenvalue weighted by Gasteiger charge is -2.42. The van der Waals surface area contributed by atoms with Gasteiger partial charge in [0, 0.05) is 41.1 Å². The first-order valence-electron chi connectivity index (χ1n) is 9.96.